The molecule has 0 bridgehead atoms. The SMILES string of the molecule is CNC(=O)c1cccnc1N1CCC(Oc2ccc(C(F)(F)F)cn2)C1. The van der Waals surface area contributed by atoms with Crippen LogP contribution in [0, 0.1) is 0 Å². The number of alkyl halides is 3. The number of aromatic nitrogens is 2. The highest BCUT2D eigenvalue weighted by Gasteiger charge is 2.31. The number of hydrogen-bond donors (Lipinski definition) is 1. The van der Waals surface area contributed by atoms with Gasteiger partial charge in [-0.15, -0.1) is 0 Å². The van der Waals surface area contributed by atoms with E-state index in [0.29, 0.717) is 30.9 Å². The van der Waals surface area contributed by atoms with E-state index in [1.54, 1.807) is 25.4 Å². The van der Waals surface area contributed by atoms with Crippen LogP contribution in [-0.2, 0) is 6.18 Å². The van der Waals surface area contributed by atoms with Crippen molar-refractivity contribution in [1.82, 2.24) is 15.3 Å². The van der Waals surface area contributed by atoms with Gasteiger partial charge >= 0.3 is 6.18 Å². The summed E-state index contributed by atoms with van der Waals surface area (Å²) in [6.45, 7) is 1.08. The normalized spacial score (nSPS) is 17.2. The number of amides is 1. The van der Waals surface area contributed by atoms with Crippen molar-refractivity contribution >= 4 is 11.7 Å². The Morgan fingerprint density at radius 1 is 1.31 bits per heavy atom. The molecule has 1 atom stereocenters. The van der Waals surface area contributed by atoms with Crippen LogP contribution in [0.1, 0.15) is 22.3 Å². The van der Waals surface area contributed by atoms with Crippen molar-refractivity contribution in [3.63, 3.8) is 0 Å². The number of nitrogens with zero attached hydrogens (tertiary/aromatic N) is 3. The van der Waals surface area contributed by atoms with Crippen molar-refractivity contribution in [3.8, 4) is 5.88 Å². The van der Waals surface area contributed by atoms with Crippen LogP contribution in [0.4, 0.5) is 19.0 Å². The summed E-state index contributed by atoms with van der Waals surface area (Å²) in [4.78, 5) is 21.9. The lowest BCUT2D eigenvalue weighted by Gasteiger charge is -2.20. The van der Waals surface area contributed by atoms with Gasteiger partial charge in [0.1, 0.15) is 11.9 Å². The van der Waals surface area contributed by atoms with Gasteiger partial charge in [-0.3, -0.25) is 4.79 Å². The summed E-state index contributed by atoms with van der Waals surface area (Å²) in [5, 5.41) is 2.57. The fourth-order valence-electron chi connectivity index (χ4n) is 2.77. The Morgan fingerprint density at radius 2 is 2.12 bits per heavy atom. The molecule has 0 aromatic carbocycles. The molecule has 0 radical (unpaired) electrons. The van der Waals surface area contributed by atoms with E-state index in [9.17, 15) is 18.0 Å². The Bertz CT molecular complexity index is 780. The van der Waals surface area contributed by atoms with Crippen LogP contribution in [0.15, 0.2) is 36.7 Å². The average Bonchev–Trinajstić information content (AvgIpc) is 3.09. The number of halogens is 3. The van der Waals surface area contributed by atoms with E-state index in [1.807, 2.05) is 4.90 Å². The first-order valence-electron chi connectivity index (χ1n) is 8.00. The zero-order valence-electron chi connectivity index (χ0n) is 14.0. The number of carbonyl (C=O) groups excluding carboxylic acids is 1. The standard InChI is InChI=1S/C17H17F3N4O2/c1-21-16(25)13-3-2-7-22-15(13)24-8-6-12(10-24)26-14-5-4-11(9-23-14)17(18,19)20/h2-5,7,9,12H,6,8,10H2,1H3,(H,21,25). The van der Waals surface area contributed by atoms with E-state index < -0.39 is 11.7 Å². The maximum Gasteiger partial charge on any atom is 0.417 e. The third-order valence-corrected chi connectivity index (χ3v) is 4.05. The third kappa shape index (κ3) is 3.87. The van der Waals surface area contributed by atoms with Crippen LogP contribution in [0.5, 0.6) is 5.88 Å². The molecule has 1 saturated heterocycles. The summed E-state index contributed by atoms with van der Waals surface area (Å²) >= 11 is 0. The van der Waals surface area contributed by atoms with Gasteiger partial charge in [-0.05, 0) is 18.2 Å². The molecule has 1 unspecified atom stereocenters. The van der Waals surface area contributed by atoms with Crippen molar-refractivity contribution in [2.24, 2.45) is 0 Å². The van der Waals surface area contributed by atoms with Gasteiger partial charge in [0.25, 0.3) is 5.91 Å². The first kappa shape index (κ1) is 18.0. The summed E-state index contributed by atoms with van der Waals surface area (Å²) < 4.78 is 43.4. The summed E-state index contributed by atoms with van der Waals surface area (Å²) in [5.41, 5.74) is -0.357. The van der Waals surface area contributed by atoms with Crippen molar-refractivity contribution in [2.45, 2.75) is 18.7 Å². The van der Waals surface area contributed by atoms with Crippen LogP contribution in [0.25, 0.3) is 0 Å². The summed E-state index contributed by atoms with van der Waals surface area (Å²) in [5.74, 6) is 0.456. The van der Waals surface area contributed by atoms with Gasteiger partial charge in [0.15, 0.2) is 0 Å². The van der Waals surface area contributed by atoms with Crippen LogP contribution in [0.3, 0.4) is 0 Å². The smallest absolute Gasteiger partial charge is 0.417 e. The number of nitrogens with one attached hydrogen (secondary N) is 1. The Kier molecular flexibility index (Phi) is 4.97. The summed E-state index contributed by atoms with van der Waals surface area (Å²) in [7, 11) is 1.55. The molecule has 2 aromatic rings. The zero-order chi connectivity index (χ0) is 18.7. The van der Waals surface area contributed by atoms with E-state index in [2.05, 4.69) is 15.3 Å². The minimum atomic E-state index is -4.43. The molecule has 2 aromatic heterocycles. The van der Waals surface area contributed by atoms with Crippen molar-refractivity contribution in [3.05, 3.63) is 47.8 Å². The lowest BCUT2D eigenvalue weighted by Crippen LogP contribution is -2.29. The Balaban J connectivity index is 1.67. The fraction of sp³-hybridized carbons (Fsp3) is 0.353. The molecule has 6 nitrogen and oxygen atoms in total. The largest absolute Gasteiger partial charge is 0.472 e. The highest BCUT2D eigenvalue weighted by Crippen LogP contribution is 2.30. The lowest BCUT2D eigenvalue weighted by molar-refractivity contribution is -0.137. The predicted molar refractivity (Wildman–Crippen MR) is 88.1 cm³/mol. The van der Waals surface area contributed by atoms with Crippen LogP contribution < -0.4 is 15.0 Å². The topological polar surface area (TPSA) is 67.4 Å². The highest BCUT2D eigenvalue weighted by atomic mass is 19.4. The van der Waals surface area contributed by atoms with E-state index in [-0.39, 0.29) is 17.9 Å². The van der Waals surface area contributed by atoms with E-state index in [1.165, 1.54) is 6.07 Å². The molecular weight excluding hydrogens is 349 g/mol. The maximum atomic E-state index is 12.6. The zero-order valence-corrected chi connectivity index (χ0v) is 14.0. The second kappa shape index (κ2) is 7.19. The molecule has 0 aliphatic carbocycles. The minimum absolute atomic E-state index is 0.136. The van der Waals surface area contributed by atoms with Gasteiger partial charge in [-0.1, -0.05) is 0 Å². The second-order valence-electron chi connectivity index (χ2n) is 5.81. The molecule has 26 heavy (non-hydrogen) atoms. The van der Waals surface area contributed by atoms with Crippen molar-refractivity contribution in [2.75, 3.05) is 25.0 Å². The quantitative estimate of drug-likeness (QED) is 0.901. The fourth-order valence-corrected chi connectivity index (χ4v) is 2.77. The van der Waals surface area contributed by atoms with Gasteiger partial charge in [0.2, 0.25) is 5.88 Å². The molecule has 0 spiro atoms. The Morgan fingerprint density at radius 3 is 2.77 bits per heavy atom. The Labute approximate surface area is 148 Å². The number of anilines is 1. The van der Waals surface area contributed by atoms with E-state index >= 15 is 0 Å². The molecule has 1 N–H and O–H groups in total. The molecule has 1 amide bonds. The number of pyridine rings is 2. The average molecular weight is 366 g/mol. The second-order valence-corrected chi connectivity index (χ2v) is 5.81. The highest BCUT2D eigenvalue weighted by molar-refractivity contribution is 5.98. The van der Waals surface area contributed by atoms with Gasteiger partial charge < -0.3 is 15.0 Å². The third-order valence-electron chi connectivity index (χ3n) is 4.05. The van der Waals surface area contributed by atoms with Crippen LogP contribution >= 0.6 is 0 Å². The minimum Gasteiger partial charge on any atom is -0.472 e. The van der Waals surface area contributed by atoms with Gasteiger partial charge in [-0.2, -0.15) is 13.2 Å². The number of ether oxygens (including phenoxy) is 1. The predicted octanol–water partition coefficient (Wildman–Crippen LogP) is 2.51. The first-order chi connectivity index (χ1) is 12.4. The molecule has 0 saturated carbocycles. The van der Waals surface area contributed by atoms with Gasteiger partial charge in [0, 0.05) is 38.5 Å². The molecule has 1 aliphatic rings. The molecule has 3 heterocycles. The molecular formula is C17H17F3N4O2. The molecule has 1 fully saturated rings. The van der Waals surface area contributed by atoms with E-state index in [0.717, 1.165) is 12.3 Å². The maximum absolute atomic E-state index is 12.6. The number of hydrogen-bond acceptors (Lipinski definition) is 5. The first-order valence-corrected chi connectivity index (χ1v) is 8.00. The van der Waals surface area contributed by atoms with Crippen LogP contribution in [-0.4, -0.2) is 42.1 Å². The van der Waals surface area contributed by atoms with Gasteiger partial charge in [-0.25, -0.2) is 9.97 Å². The van der Waals surface area contributed by atoms with Crippen molar-refractivity contribution < 1.29 is 22.7 Å². The number of carbonyl (C=O) groups is 1. The lowest BCUT2D eigenvalue weighted by atomic mass is 10.2. The Hall–Kier alpha value is -2.84. The summed E-state index contributed by atoms with van der Waals surface area (Å²) in [6.07, 6.45) is -1.67. The molecule has 1 aliphatic heterocycles. The molecule has 138 valence electrons. The van der Waals surface area contributed by atoms with E-state index in [4.69, 9.17) is 4.74 Å². The molecule has 9 heteroatoms. The van der Waals surface area contributed by atoms with Gasteiger partial charge in [0.05, 0.1) is 17.7 Å². The summed E-state index contributed by atoms with van der Waals surface area (Å²) in [6, 6.07) is 5.52. The monoisotopic (exact) mass is 366 g/mol. The van der Waals surface area contributed by atoms with Crippen molar-refractivity contribution in [1.29, 1.82) is 0 Å². The molecule has 3 rings (SSSR count). The number of rotatable bonds is 4. The van der Waals surface area contributed by atoms with Crippen LogP contribution in [0.2, 0.25) is 0 Å².